The summed E-state index contributed by atoms with van der Waals surface area (Å²) in [5.41, 5.74) is 4.69. The molecule has 0 aliphatic carbocycles. The Balaban J connectivity index is 1.92. The zero-order valence-corrected chi connectivity index (χ0v) is 11.6. The van der Waals surface area contributed by atoms with Crippen molar-refractivity contribution in [2.24, 2.45) is 0 Å². The van der Waals surface area contributed by atoms with Crippen molar-refractivity contribution >= 4 is 23.5 Å². The van der Waals surface area contributed by atoms with Crippen molar-refractivity contribution in [2.75, 3.05) is 17.2 Å². The monoisotopic (exact) mass is 265 g/mol. The average molecular weight is 265 g/mol. The third-order valence-electron chi connectivity index (χ3n) is 3.52. The molecule has 20 heavy (non-hydrogen) atoms. The Labute approximate surface area is 119 Å². The Morgan fingerprint density at radius 2 is 2.15 bits per heavy atom. The molecule has 0 fully saturated rings. The Bertz CT molecular complexity index is 605. The molecule has 3 heteroatoms. The van der Waals surface area contributed by atoms with Crippen LogP contribution in [-0.4, -0.2) is 17.6 Å². The van der Waals surface area contributed by atoms with Crippen LogP contribution in [0, 0.1) is 0 Å². The highest BCUT2D eigenvalue weighted by atomic mass is 15.0. The molecule has 0 saturated heterocycles. The second-order valence-electron chi connectivity index (χ2n) is 5.15. The van der Waals surface area contributed by atoms with E-state index in [-0.39, 0.29) is 0 Å². The van der Waals surface area contributed by atoms with Crippen LogP contribution in [0.4, 0.5) is 11.4 Å². The second kappa shape index (κ2) is 5.78. The predicted octanol–water partition coefficient (Wildman–Crippen LogP) is 3.87. The maximum Gasteiger partial charge on any atom is 0.0651 e. The minimum atomic E-state index is 0.483. The van der Waals surface area contributed by atoms with Crippen LogP contribution in [0.15, 0.2) is 42.7 Å². The van der Waals surface area contributed by atoms with Crippen molar-refractivity contribution in [3.05, 3.63) is 53.9 Å². The number of rotatable bonds is 2. The van der Waals surface area contributed by atoms with Gasteiger partial charge in [0.1, 0.15) is 0 Å². The van der Waals surface area contributed by atoms with Crippen molar-refractivity contribution in [1.29, 1.82) is 0 Å². The first-order chi connectivity index (χ1) is 9.83. The molecular formula is C17H19N3. The van der Waals surface area contributed by atoms with Crippen LogP contribution in [0.25, 0.3) is 12.2 Å². The molecule has 0 unspecified atom stereocenters. The lowest BCUT2D eigenvalue weighted by molar-refractivity contribution is 0.745. The van der Waals surface area contributed by atoms with E-state index in [0.29, 0.717) is 6.04 Å². The minimum Gasteiger partial charge on any atom is -0.383 e. The standard InChI is InChI=1S/C17H19N3/c1-13-9-11-19-16-6-2-5-15(17(16)20-13)8-7-14-4-3-10-18-12-14/h2-8,10,12-13,19-20H,9,11H2,1H3/b8-7+/t13-/m1/s1. The van der Waals surface area contributed by atoms with Crippen molar-refractivity contribution < 1.29 is 0 Å². The topological polar surface area (TPSA) is 37.0 Å². The Morgan fingerprint density at radius 1 is 1.20 bits per heavy atom. The molecular weight excluding hydrogens is 246 g/mol. The number of para-hydroxylation sites is 1. The molecule has 2 heterocycles. The molecule has 1 atom stereocenters. The second-order valence-corrected chi connectivity index (χ2v) is 5.15. The molecule has 1 aromatic heterocycles. The zero-order chi connectivity index (χ0) is 13.8. The minimum absolute atomic E-state index is 0.483. The lowest BCUT2D eigenvalue weighted by atomic mass is 10.1. The van der Waals surface area contributed by atoms with Crippen LogP contribution in [0.1, 0.15) is 24.5 Å². The summed E-state index contributed by atoms with van der Waals surface area (Å²) in [5.74, 6) is 0. The fourth-order valence-corrected chi connectivity index (χ4v) is 2.42. The van der Waals surface area contributed by atoms with Gasteiger partial charge in [0.15, 0.2) is 0 Å². The highest BCUT2D eigenvalue weighted by Gasteiger charge is 2.13. The molecule has 0 saturated carbocycles. The molecule has 1 aromatic carbocycles. The number of benzene rings is 1. The molecule has 102 valence electrons. The molecule has 1 aliphatic rings. The first-order valence-electron chi connectivity index (χ1n) is 7.04. The van der Waals surface area contributed by atoms with Crippen LogP contribution in [0.5, 0.6) is 0 Å². The summed E-state index contributed by atoms with van der Waals surface area (Å²) in [6, 6.07) is 10.8. The highest BCUT2D eigenvalue weighted by Crippen LogP contribution is 2.30. The number of hydrogen-bond donors (Lipinski definition) is 2. The van der Waals surface area contributed by atoms with Gasteiger partial charge in [-0.25, -0.2) is 0 Å². The summed E-state index contributed by atoms with van der Waals surface area (Å²) >= 11 is 0. The average Bonchev–Trinajstić information content (AvgIpc) is 2.67. The van der Waals surface area contributed by atoms with Crippen LogP contribution in [0.2, 0.25) is 0 Å². The highest BCUT2D eigenvalue weighted by molar-refractivity contribution is 5.84. The fourth-order valence-electron chi connectivity index (χ4n) is 2.42. The number of fused-ring (bicyclic) bond motifs is 1. The molecule has 2 N–H and O–H groups in total. The number of pyridine rings is 1. The van der Waals surface area contributed by atoms with Crippen LogP contribution >= 0.6 is 0 Å². The van der Waals surface area contributed by atoms with Crippen molar-refractivity contribution in [1.82, 2.24) is 4.98 Å². The summed E-state index contributed by atoms with van der Waals surface area (Å²) in [6.45, 7) is 3.23. The molecule has 0 bridgehead atoms. The first-order valence-corrected chi connectivity index (χ1v) is 7.04. The molecule has 2 aromatic rings. The summed E-state index contributed by atoms with van der Waals surface area (Å²) in [7, 11) is 0. The smallest absolute Gasteiger partial charge is 0.0651 e. The SMILES string of the molecule is C[C@@H]1CCNc2cccc(/C=C/c3cccnc3)c2N1. The summed E-state index contributed by atoms with van der Waals surface area (Å²) in [5, 5.41) is 7.08. The number of aromatic nitrogens is 1. The van der Waals surface area contributed by atoms with E-state index >= 15 is 0 Å². The van der Waals surface area contributed by atoms with Gasteiger partial charge in [-0.2, -0.15) is 0 Å². The summed E-state index contributed by atoms with van der Waals surface area (Å²) in [6.07, 6.45) is 9.02. The fraction of sp³-hybridized carbons (Fsp3) is 0.235. The maximum atomic E-state index is 4.13. The van der Waals surface area contributed by atoms with Crippen LogP contribution in [0.3, 0.4) is 0 Å². The van der Waals surface area contributed by atoms with Gasteiger partial charge < -0.3 is 10.6 Å². The Kier molecular flexibility index (Phi) is 3.68. The van der Waals surface area contributed by atoms with E-state index in [0.717, 1.165) is 18.5 Å². The van der Waals surface area contributed by atoms with E-state index in [2.05, 4.69) is 59.0 Å². The molecule has 0 radical (unpaired) electrons. The first kappa shape index (κ1) is 12.7. The van der Waals surface area contributed by atoms with E-state index in [1.807, 2.05) is 12.3 Å². The van der Waals surface area contributed by atoms with E-state index < -0.39 is 0 Å². The van der Waals surface area contributed by atoms with Gasteiger partial charge in [-0.15, -0.1) is 0 Å². The lowest BCUT2D eigenvalue weighted by Gasteiger charge is -2.15. The van der Waals surface area contributed by atoms with Crippen LogP contribution in [-0.2, 0) is 0 Å². The third kappa shape index (κ3) is 2.82. The van der Waals surface area contributed by atoms with Gasteiger partial charge in [0.2, 0.25) is 0 Å². The van der Waals surface area contributed by atoms with Crippen molar-refractivity contribution in [3.63, 3.8) is 0 Å². The molecule has 3 nitrogen and oxygen atoms in total. The molecule has 0 amide bonds. The number of nitrogens with zero attached hydrogens (tertiary/aromatic N) is 1. The van der Waals surface area contributed by atoms with Crippen molar-refractivity contribution in [2.45, 2.75) is 19.4 Å². The van der Waals surface area contributed by atoms with Crippen LogP contribution < -0.4 is 10.6 Å². The van der Waals surface area contributed by atoms with E-state index in [1.54, 1.807) is 6.20 Å². The Morgan fingerprint density at radius 3 is 3.00 bits per heavy atom. The van der Waals surface area contributed by atoms with E-state index in [4.69, 9.17) is 0 Å². The molecule has 0 spiro atoms. The number of anilines is 2. The van der Waals surface area contributed by atoms with Gasteiger partial charge in [-0.3, -0.25) is 4.98 Å². The van der Waals surface area contributed by atoms with E-state index in [9.17, 15) is 0 Å². The maximum absolute atomic E-state index is 4.13. The number of nitrogens with one attached hydrogen (secondary N) is 2. The van der Waals surface area contributed by atoms with Gasteiger partial charge in [0, 0.05) is 25.0 Å². The van der Waals surface area contributed by atoms with Gasteiger partial charge in [-0.1, -0.05) is 30.4 Å². The predicted molar refractivity (Wildman–Crippen MR) is 85.8 cm³/mol. The summed E-state index contributed by atoms with van der Waals surface area (Å²) in [4.78, 5) is 4.13. The van der Waals surface area contributed by atoms with E-state index in [1.165, 1.54) is 16.9 Å². The van der Waals surface area contributed by atoms with Gasteiger partial charge in [-0.05, 0) is 36.6 Å². The van der Waals surface area contributed by atoms with Crippen molar-refractivity contribution in [3.8, 4) is 0 Å². The Hall–Kier alpha value is -2.29. The zero-order valence-electron chi connectivity index (χ0n) is 11.6. The van der Waals surface area contributed by atoms with Gasteiger partial charge in [0.25, 0.3) is 0 Å². The normalized spacial score (nSPS) is 17.9. The van der Waals surface area contributed by atoms with Gasteiger partial charge >= 0.3 is 0 Å². The molecule has 3 rings (SSSR count). The quantitative estimate of drug-likeness (QED) is 0.865. The third-order valence-corrected chi connectivity index (χ3v) is 3.52. The number of hydrogen-bond acceptors (Lipinski definition) is 3. The largest absolute Gasteiger partial charge is 0.383 e. The van der Waals surface area contributed by atoms with Gasteiger partial charge in [0.05, 0.1) is 11.4 Å². The lowest BCUT2D eigenvalue weighted by Crippen LogP contribution is -2.15. The molecule has 1 aliphatic heterocycles. The summed E-state index contributed by atoms with van der Waals surface area (Å²) < 4.78 is 0.